The zero-order valence-corrected chi connectivity index (χ0v) is 13.1. The zero-order valence-electron chi connectivity index (χ0n) is 10.2. The van der Waals surface area contributed by atoms with Gasteiger partial charge >= 0.3 is 0 Å². The highest BCUT2D eigenvalue weighted by atomic mass is 127. The largest absolute Gasteiger partial charge is 0.306 e. The minimum atomic E-state index is -0.0635. The predicted molar refractivity (Wildman–Crippen MR) is 84.2 cm³/mol. The number of hydrogen-bond acceptors (Lipinski definition) is 3. The molecule has 0 aliphatic rings. The van der Waals surface area contributed by atoms with E-state index < -0.39 is 0 Å². The molecule has 0 bridgehead atoms. The van der Waals surface area contributed by atoms with Gasteiger partial charge in [-0.2, -0.15) is 0 Å². The van der Waals surface area contributed by atoms with Gasteiger partial charge in [0, 0.05) is 10.5 Å². The molecule has 0 aliphatic carbocycles. The lowest BCUT2D eigenvalue weighted by molar-refractivity contribution is 0.968. The monoisotopic (exact) mass is 372 g/mol. The first-order valence-electron chi connectivity index (χ1n) is 5.58. The molecule has 94 valence electrons. The Morgan fingerprint density at radius 2 is 2.00 bits per heavy atom. The van der Waals surface area contributed by atoms with Crippen molar-refractivity contribution in [2.24, 2.45) is 0 Å². The molecule has 0 unspecified atom stereocenters. The molecule has 1 N–H and O–H groups in total. The van der Waals surface area contributed by atoms with Crippen molar-refractivity contribution >= 4 is 34.4 Å². The second-order valence-corrected chi connectivity index (χ2v) is 5.72. The second kappa shape index (κ2) is 5.88. The molecule has 1 heterocycles. The van der Waals surface area contributed by atoms with Crippen LogP contribution in [-0.4, -0.2) is 16.2 Å². The van der Waals surface area contributed by atoms with E-state index in [1.165, 1.54) is 4.90 Å². The number of benzene rings is 1. The molecule has 0 atom stereocenters. The van der Waals surface area contributed by atoms with Gasteiger partial charge < -0.3 is 4.98 Å². The van der Waals surface area contributed by atoms with Gasteiger partial charge in [-0.1, -0.05) is 19.1 Å². The number of hydrogen-bond donors (Lipinski definition) is 1. The molecule has 18 heavy (non-hydrogen) atoms. The van der Waals surface area contributed by atoms with Crippen molar-refractivity contribution in [3.05, 3.63) is 43.9 Å². The van der Waals surface area contributed by atoms with Crippen molar-refractivity contribution in [1.29, 1.82) is 0 Å². The van der Waals surface area contributed by atoms with Crippen LogP contribution in [0.3, 0.4) is 0 Å². The Hall–Kier alpha value is -0.820. The first-order chi connectivity index (χ1) is 8.65. The van der Waals surface area contributed by atoms with E-state index in [4.69, 9.17) is 0 Å². The van der Waals surface area contributed by atoms with E-state index in [9.17, 15) is 4.79 Å². The summed E-state index contributed by atoms with van der Waals surface area (Å²) in [6, 6.07) is 8.03. The van der Waals surface area contributed by atoms with E-state index in [0.717, 1.165) is 17.7 Å². The van der Waals surface area contributed by atoms with Gasteiger partial charge in [-0.25, -0.2) is 4.98 Å². The van der Waals surface area contributed by atoms with Crippen LogP contribution in [0.15, 0.2) is 34.0 Å². The van der Waals surface area contributed by atoms with Crippen LogP contribution in [0.1, 0.15) is 12.6 Å². The lowest BCUT2D eigenvalue weighted by atomic mass is 10.2. The number of H-pyrrole nitrogens is 1. The number of rotatable bonds is 3. The molecular formula is C13H13IN2OS. The van der Waals surface area contributed by atoms with Crippen molar-refractivity contribution in [3.8, 4) is 11.4 Å². The van der Waals surface area contributed by atoms with Crippen LogP contribution in [-0.2, 0) is 6.42 Å². The average Bonchev–Trinajstić information content (AvgIpc) is 2.42. The molecule has 0 fully saturated rings. The predicted octanol–water partition coefficient (Wildman–Crippen LogP) is 3.33. The van der Waals surface area contributed by atoms with Crippen molar-refractivity contribution in [2.45, 2.75) is 18.2 Å². The molecule has 0 aliphatic heterocycles. The molecule has 2 aromatic rings. The molecule has 5 heteroatoms. The fraction of sp³-hybridized carbons (Fsp3) is 0.231. The standard InChI is InChI=1S/C13H13IN2OS/c1-3-10-11(14)13(17)16-12(15-10)8-4-6-9(18-2)7-5-8/h4-7H,3H2,1-2H3,(H,15,16,17). The number of halogens is 1. The Labute approximate surface area is 124 Å². The summed E-state index contributed by atoms with van der Waals surface area (Å²) < 4.78 is 0.680. The molecule has 0 radical (unpaired) electrons. The highest BCUT2D eigenvalue weighted by molar-refractivity contribution is 14.1. The van der Waals surface area contributed by atoms with Gasteiger partial charge in [0.2, 0.25) is 0 Å². The molecule has 1 aromatic carbocycles. The molecule has 2 rings (SSSR count). The van der Waals surface area contributed by atoms with Gasteiger partial charge in [0.25, 0.3) is 5.56 Å². The minimum absolute atomic E-state index is 0.0635. The first kappa shape index (κ1) is 13.6. The summed E-state index contributed by atoms with van der Waals surface area (Å²) in [5.41, 5.74) is 1.73. The third kappa shape index (κ3) is 2.77. The van der Waals surface area contributed by atoms with Gasteiger partial charge in [0.1, 0.15) is 5.82 Å². The number of aromatic nitrogens is 2. The maximum absolute atomic E-state index is 11.8. The van der Waals surface area contributed by atoms with Crippen LogP contribution in [0, 0.1) is 3.57 Å². The minimum Gasteiger partial charge on any atom is -0.306 e. The highest BCUT2D eigenvalue weighted by Crippen LogP contribution is 2.20. The summed E-state index contributed by atoms with van der Waals surface area (Å²) in [7, 11) is 0. The van der Waals surface area contributed by atoms with Gasteiger partial charge in [0.15, 0.2) is 0 Å². The summed E-state index contributed by atoms with van der Waals surface area (Å²) in [5, 5.41) is 0. The summed E-state index contributed by atoms with van der Waals surface area (Å²) in [4.78, 5) is 20.3. The SMILES string of the molecule is CCc1nc(-c2ccc(SC)cc2)[nH]c(=O)c1I. The third-order valence-electron chi connectivity index (χ3n) is 2.63. The van der Waals surface area contributed by atoms with Gasteiger partial charge in [-0.15, -0.1) is 11.8 Å². The molecule has 1 aromatic heterocycles. The van der Waals surface area contributed by atoms with Crippen LogP contribution in [0.25, 0.3) is 11.4 Å². The van der Waals surface area contributed by atoms with E-state index >= 15 is 0 Å². The topological polar surface area (TPSA) is 45.8 Å². The van der Waals surface area contributed by atoms with Gasteiger partial charge in [-0.05, 0) is 47.4 Å². The van der Waals surface area contributed by atoms with Crippen LogP contribution < -0.4 is 5.56 Å². The van der Waals surface area contributed by atoms with Gasteiger partial charge in [-0.3, -0.25) is 4.79 Å². The number of nitrogens with one attached hydrogen (secondary N) is 1. The van der Waals surface area contributed by atoms with Crippen molar-refractivity contribution in [2.75, 3.05) is 6.26 Å². The van der Waals surface area contributed by atoms with Crippen LogP contribution in [0.5, 0.6) is 0 Å². The third-order valence-corrected chi connectivity index (χ3v) is 4.49. The van der Waals surface area contributed by atoms with Crippen molar-refractivity contribution in [1.82, 2.24) is 9.97 Å². The van der Waals surface area contributed by atoms with Crippen LogP contribution in [0.2, 0.25) is 0 Å². The molecule has 0 amide bonds. The van der Waals surface area contributed by atoms with E-state index in [-0.39, 0.29) is 5.56 Å². The smallest absolute Gasteiger partial charge is 0.264 e. The molecule has 0 spiro atoms. The fourth-order valence-electron chi connectivity index (χ4n) is 1.63. The lowest BCUT2D eigenvalue weighted by Gasteiger charge is -2.05. The summed E-state index contributed by atoms with van der Waals surface area (Å²) in [6.45, 7) is 2.00. The first-order valence-corrected chi connectivity index (χ1v) is 7.89. The number of aryl methyl sites for hydroxylation is 1. The van der Waals surface area contributed by atoms with E-state index in [2.05, 4.69) is 9.97 Å². The molecule has 3 nitrogen and oxygen atoms in total. The van der Waals surface area contributed by atoms with Crippen molar-refractivity contribution in [3.63, 3.8) is 0 Å². The lowest BCUT2D eigenvalue weighted by Crippen LogP contribution is -2.15. The Morgan fingerprint density at radius 3 is 2.56 bits per heavy atom. The zero-order chi connectivity index (χ0) is 13.1. The Bertz CT molecular complexity index is 607. The van der Waals surface area contributed by atoms with E-state index in [0.29, 0.717) is 9.39 Å². The second-order valence-electron chi connectivity index (χ2n) is 3.76. The Kier molecular flexibility index (Phi) is 4.45. The molecule has 0 saturated carbocycles. The quantitative estimate of drug-likeness (QED) is 0.664. The van der Waals surface area contributed by atoms with Gasteiger partial charge in [0.05, 0.1) is 9.26 Å². The summed E-state index contributed by atoms with van der Waals surface area (Å²) in [5.74, 6) is 0.643. The Balaban J connectivity index is 2.50. The fourth-order valence-corrected chi connectivity index (χ4v) is 2.67. The maximum atomic E-state index is 11.8. The number of thioether (sulfide) groups is 1. The Morgan fingerprint density at radius 1 is 1.33 bits per heavy atom. The average molecular weight is 372 g/mol. The van der Waals surface area contributed by atoms with Crippen molar-refractivity contribution < 1.29 is 0 Å². The van der Waals surface area contributed by atoms with E-state index in [1.807, 2.05) is 60.0 Å². The molecular weight excluding hydrogens is 359 g/mol. The number of aromatic amines is 1. The normalized spacial score (nSPS) is 10.6. The van der Waals surface area contributed by atoms with E-state index in [1.54, 1.807) is 11.8 Å². The number of nitrogens with zero attached hydrogens (tertiary/aromatic N) is 1. The molecule has 0 saturated heterocycles. The maximum Gasteiger partial charge on any atom is 0.264 e. The van der Waals surface area contributed by atoms with Crippen LogP contribution in [0.4, 0.5) is 0 Å². The summed E-state index contributed by atoms with van der Waals surface area (Å²) in [6.07, 6.45) is 2.80. The van der Waals surface area contributed by atoms with Crippen LogP contribution >= 0.6 is 34.4 Å². The highest BCUT2D eigenvalue weighted by Gasteiger charge is 2.08. The summed E-state index contributed by atoms with van der Waals surface area (Å²) >= 11 is 3.74.